The molecular formula is C15H18N2S. The van der Waals surface area contributed by atoms with Gasteiger partial charge in [-0.25, -0.2) is 0 Å². The summed E-state index contributed by atoms with van der Waals surface area (Å²) in [5, 5.41) is 5.52. The van der Waals surface area contributed by atoms with Gasteiger partial charge in [-0.05, 0) is 54.9 Å². The Balaban J connectivity index is 1.92. The Hall–Kier alpha value is -1.19. The SMILES string of the molecule is CNCc1cc(C2CCCc3cccnc32)cs1. The van der Waals surface area contributed by atoms with E-state index in [2.05, 4.69) is 33.9 Å². The highest BCUT2D eigenvalue weighted by Crippen LogP contribution is 2.36. The first-order valence-electron chi connectivity index (χ1n) is 6.54. The molecule has 0 spiro atoms. The van der Waals surface area contributed by atoms with Crippen LogP contribution in [0.5, 0.6) is 0 Å². The van der Waals surface area contributed by atoms with Gasteiger partial charge in [0.25, 0.3) is 0 Å². The van der Waals surface area contributed by atoms with Crippen LogP contribution in [0.3, 0.4) is 0 Å². The molecule has 2 heterocycles. The van der Waals surface area contributed by atoms with Crippen LogP contribution in [0.4, 0.5) is 0 Å². The van der Waals surface area contributed by atoms with Crippen molar-refractivity contribution >= 4 is 11.3 Å². The van der Waals surface area contributed by atoms with E-state index in [9.17, 15) is 0 Å². The zero-order valence-electron chi connectivity index (χ0n) is 10.6. The zero-order chi connectivity index (χ0) is 12.4. The van der Waals surface area contributed by atoms with Crippen LogP contribution in [0.25, 0.3) is 0 Å². The van der Waals surface area contributed by atoms with E-state index >= 15 is 0 Å². The second kappa shape index (κ2) is 5.21. The van der Waals surface area contributed by atoms with Crippen LogP contribution >= 0.6 is 11.3 Å². The molecule has 2 nitrogen and oxygen atoms in total. The minimum Gasteiger partial charge on any atom is -0.315 e. The van der Waals surface area contributed by atoms with Crippen molar-refractivity contribution in [2.24, 2.45) is 0 Å². The lowest BCUT2D eigenvalue weighted by Gasteiger charge is -2.23. The number of hydrogen-bond acceptors (Lipinski definition) is 3. The molecule has 1 atom stereocenters. The Bertz CT molecular complexity index is 533. The fourth-order valence-corrected chi connectivity index (χ4v) is 3.73. The van der Waals surface area contributed by atoms with Gasteiger partial charge >= 0.3 is 0 Å². The van der Waals surface area contributed by atoms with Gasteiger partial charge in [0.15, 0.2) is 0 Å². The summed E-state index contributed by atoms with van der Waals surface area (Å²) in [5.74, 6) is 0.511. The molecule has 2 aromatic rings. The third-order valence-electron chi connectivity index (χ3n) is 3.62. The smallest absolute Gasteiger partial charge is 0.0510 e. The molecule has 1 aliphatic rings. The van der Waals surface area contributed by atoms with Gasteiger partial charge in [0.2, 0.25) is 0 Å². The highest BCUT2D eigenvalue weighted by Gasteiger charge is 2.23. The lowest BCUT2D eigenvalue weighted by Crippen LogP contribution is -2.12. The minimum absolute atomic E-state index is 0.511. The van der Waals surface area contributed by atoms with E-state index in [1.54, 1.807) is 0 Å². The number of thiophene rings is 1. The molecule has 94 valence electrons. The quantitative estimate of drug-likeness (QED) is 0.913. The van der Waals surface area contributed by atoms with Crippen LogP contribution < -0.4 is 5.32 Å². The largest absolute Gasteiger partial charge is 0.315 e. The Morgan fingerprint density at radius 1 is 1.50 bits per heavy atom. The number of nitrogens with one attached hydrogen (secondary N) is 1. The van der Waals surface area contributed by atoms with Gasteiger partial charge in [0, 0.05) is 23.5 Å². The van der Waals surface area contributed by atoms with Gasteiger partial charge in [-0.1, -0.05) is 6.07 Å². The highest BCUT2D eigenvalue weighted by atomic mass is 32.1. The maximum atomic E-state index is 4.62. The number of pyridine rings is 1. The average molecular weight is 258 g/mol. The molecule has 0 amide bonds. The van der Waals surface area contributed by atoms with Gasteiger partial charge < -0.3 is 5.32 Å². The first-order valence-corrected chi connectivity index (χ1v) is 7.42. The molecule has 0 fully saturated rings. The molecule has 1 unspecified atom stereocenters. The second-order valence-corrected chi connectivity index (χ2v) is 5.87. The molecule has 18 heavy (non-hydrogen) atoms. The number of hydrogen-bond donors (Lipinski definition) is 1. The lowest BCUT2D eigenvalue weighted by atomic mass is 9.83. The van der Waals surface area contributed by atoms with Crippen molar-refractivity contribution in [3.05, 3.63) is 51.5 Å². The summed E-state index contributed by atoms with van der Waals surface area (Å²) in [5.41, 5.74) is 4.19. The summed E-state index contributed by atoms with van der Waals surface area (Å²) in [6.45, 7) is 0.965. The Morgan fingerprint density at radius 2 is 2.44 bits per heavy atom. The fourth-order valence-electron chi connectivity index (χ4n) is 2.78. The standard InChI is InChI=1S/C15H18N2S/c1-16-9-13-8-12(10-18-13)14-6-2-4-11-5-3-7-17-15(11)14/h3,5,7-8,10,14,16H,2,4,6,9H2,1H3. The first-order chi connectivity index (χ1) is 8.88. The molecule has 2 aromatic heterocycles. The third-order valence-corrected chi connectivity index (χ3v) is 4.58. The van der Waals surface area contributed by atoms with Crippen molar-refractivity contribution in [3.63, 3.8) is 0 Å². The van der Waals surface area contributed by atoms with Gasteiger partial charge in [0.05, 0.1) is 5.69 Å². The monoisotopic (exact) mass is 258 g/mol. The molecule has 1 N–H and O–H groups in total. The van der Waals surface area contributed by atoms with E-state index in [0.29, 0.717) is 5.92 Å². The van der Waals surface area contributed by atoms with E-state index in [1.165, 1.54) is 41.0 Å². The van der Waals surface area contributed by atoms with Crippen molar-refractivity contribution in [1.82, 2.24) is 10.3 Å². The van der Waals surface area contributed by atoms with Crippen molar-refractivity contribution in [2.45, 2.75) is 31.7 Å². The van der Waals surface area contributed by atoms with Crippen LogP contribution in [0.15, 0.2) is 29.8 Å². The molecule has 1 aliphatic carbocycles. The van der Waals surface area contributed by atoms with Gasteiger partial charge in [-0.2, -0.15) is 0 Å². The van der Waals surface area contributed by atoms with E-state index in [-0.39, 0.29) is 0 Å². The van der Waals surface area contributed by atoms with Crippen LogP contribution in [0, 0.1) is 0 Å². The van der Waals surface area contributed by atoms with E-state index in [1.807, 2.05) is 24.6 Å². The lowest BCUT2D eigenvalue weighted by molar-refractivity contribution is 0.599. The molecule has 0 aromatic carbocycles. The maximum Gasteiger partial charge on any atom is 0.0510 e. The predicted molar refractivity (Wildman–Crippen MR) is 76.1 cm³/mol. The summed E-state index contributed by atoms with van der Waals surface area (Å²) in [4.78, 5) is 6.03. The second-order valence-electron chi connectivity index (χ2n) is 4.87. The topological polar surface area (TPSA) is 24.9 Å². The molecular weight excluding hydrogens is 240 g/mol. The Kier molecular flexibility index (Phi) is 3.43. The third kappa shape index (κ3) is 2.20. The van der Waals surface area contributed by atoms with Crippen molar-refractivity contribution in [1.29, 1.82) is 0 Å². The van der Waals surface area contributed by atoms with Crippen LogP contribution in [0.2, 0.25) is 0 Å². The molecule has 0 aliphatic heterocycles. The molecule has 0 radical (unpaired) electrons. The highest BCUT2D eigenvalue weighted by molar-refractivity contribution is 7.10. The molecule has 0 bridgehead atoms. The fraction of sp³-hybridized carbons (Fsp3) is 0.400. The van der Waals surface area contributed by atoms with Gasteiger partial charge in [0.1, 0.15) is 0 Å². The molecule has 0 saturated carbocycles. The number of aryl methyl sites for hydroxylation is 1. The summed E-state index contributed by atoms with van der Waals surface area (Å²) >= 11 is 1.85. The van der Waals surface area contributed by atoms with Gasteiger partial charge in [-0.15, -0.1) is 11.3 Å². The summed E-state index contributed by atoms with van der Waals surface area (Å²) in [7, 11) is 2.00. The molecule has 3 rings (SSSR count). The summed E-state index contributed by atoms with van der Waals surface area (Å²) < 4.78 is 0. The predicted octanol–water partition coefficient (Wildman–Crippen LogP) is 3.33. The summed E-state index contributed by atoms with van der Waals surface area (Å²) in [6, 6.07) is 6.63. The normalized spacial score (nSPS) is 18.6. The van der Waals surface area contributed by atoms with E-state index in [0.717, 1.165) is 6.54 Å². The van der Waals surface area contributed by atoms with Crippen molar-refractivity contribution < 1.29 is 0 Å². The van der Waals surface area contributed by atoms with E-state index in [4.69, 9.17) is 0 Å². The minimum atomic E-state index is 0.511. The number of rotatable bonds is 3. The molecule has 0 saturated heterocycles. The van der Waals surface area contributed by atoms with Crippen molar-refractivity contribution in [2.75, 3.05) is 7.05 Å². The van der Waals surface area contributed by atoms with E-state index < -0.39 is 0 Å². The van der Waals surface area contributed by atoms with Crippen molar-refractivity contribution in [3.8, 4) is 0 Å². The maximum absolute atomic E-state index is 4.62. The van der Waals surface area contributed by atoms with Crippen LogP contribution in [0.1, 0.15) is 40.5 Å². The Labute approximate surface area is 112 Å². The van der Waals surface area contributed by atoms with Crippen LogP contribution in [-0.4, -0.2) is 12.0 Å². The molecule has 3 heteroatoms. The Morgan fingerprint density at radius 3 is 3.33 bits per heavy atom. The van der Waals surface area contributed by atoms with Crippen LogP contribution in [-0.2, 0) is 13.0 Å². The number of fused-ring (bicyclic) bond motifs is 1. The first kappa shape index (κ1) is 11.9. The average Bonchev–Trinajstić information content (AvgIpc) is 2.87. The number of aromatic nitrogens is 1. The summed E-state index contributed by atoms with van der Waals surface area (Å²) in [6.07, 6.45) is 5.63. The zero-order valence-corrected chi connectivity index (χ0v) is 11.5. The van der Waals surface area contributed by atoms with Gasteiger partial charge in [-0.3, -0.25) is 4.98 Å². The number of nitrogens with zero attached hydrogens (tertiary/aromatic N) is 1.